The normalized spacial score (nSPS) is 25.3. The number of methoxy groups -OCH3 is 1. The molecule has 2 aliphatic rings. The van der Waals surface area contributed by atoms with Crippen molar-refractivity contribution in [2.45, 2.75) is 33.7 Å². The van der Waals surface area contributed by atoms with Gasteiger partial charge in [0.25, 0.3) is 0 Å². The minimum absolute atomic E-state index is 0.190. The van der Waals surface area contributed by atoms with Crippen LogP contribution in [0.3, 0.4) is 0 Å². The van der Waals surface area contributed by atoms with Crippen molar-refractivity contribution in [1.29, 1.82) is 0 Å². The van der Waals surface area contributed by atoms with Crippen molar-refractivity contribution in [2.24, 2.45) is 0 Å². The molecule has 0 heterocycles. The van der Waals surface area contributed by atoms with Gasteiger partial charge in [0.15, 0.2) is 12.3 Å². The summed E-state index contributed by atoms with van der Waals surface area (Å²) in [6, 6.07) is 17.8. The molecule has 4 unspecified atom stereocenters. The molecule has 3 aromatic rings. The fraction of sp³-hybridized carbons (Fsp3) is 0.161. The van der Waals surface area contributed by atoms with Crippen LogP contribution in [0.25, 0.3) is 11.1 Å². The molecule has 4 atom stereocenters. The van der Waals surface area contributed by atoms with E-state index in [-0.39, 0.29) is 22.3 Å². The van der Waals surface area contributed by atoms with Crippen molar-refractivity contribution in [3.63, 3.8) is 0 Å². The minimum atomic E-state index is -5.08. The summed E-state index contributed by atoms with van der Waals surface area (Å²) >= 11 is 0. The van der Waals surface area contributed by atoms with E-state index in [2.05, 4.69) is 0 Å². The van der Waals surface area contributed by atoms with Crippen molar-refractivity contribution >= 4 is 31.2 Å². The minimum Gasteiger partial charge on any atom is -0.495 e. The van der Waals surface area contributed by atoms with Gasteiger partial charge < -0.3 is 4.74 Å². The van der Waals surface area contributed by atoms with Crippen LogP contribution in [0.4, 0.5) is 17.6 Å². The summed E-state index contributed by atoms with van der Waals surface area (Å²) in [6.45, 7) is 0. The molecule has 0 bridgehead atoms. The molecule has 0 radical (unpaired) electrons. The predicted octanol–water partition coefficient (Wildman–Crippen LogP) is 5.57. The Hall–Kier alpha value is -4.04. The third-order valence-electron chi connectivity index (χ3n) is 7.10. The monoisotopic (exact) mass is 646 g/mol. The molecule has 0 saturated carbocycles. The van der Waals surface area contributed by atoms with E-state index >= 15 is 17.6 Å². The van der Waals surface area contributed by atoms with Gasteiger partial charge in [-0.2, -0.15) is 9.44 Å². The van der Waals surface area contributed by atoms with Gasteiger partial charge in [-0.25, -0.2) is 34.4 Å². The van der Waals surface area contributed by atoms with Crippen LogP contribution in [0.5, 0.6) is 5.75 Å². The lowest BCUT2D eigenvalue weighted by atomic mass is 9.90. The Morgan fingerprint density at radius 1 is 0.682 bits per heavy atom. The Bertz CT molecular complexity index is 1900. The van der Waals surface area contributed by atoms with Crippen LogP contribution in [0, 0.1) is 0 Å². The zero-order valence-electron chi connectivity index (χ0n) is 23.0. The predicted molar refractivity (Wildman–Crippen MR) is 158 cm³/mol. The number of nitrogens with one attached hydrogen (secondary N) is 2. The SMILES string of the molecule is COc1ccc(S(=O)(=O)NC2(F)C(c3ccccc3)=CC=CC2F)cc1S(=O)(=O)NC1(F)C(c2ccccc2)=CC=CC1F. The van der Waals surface area contributed by atoms with E-state index < -0.39 is 59.5 Å². The molecule has 0 spiro atoms. The number of rotatable bonds is 9. The van der Waals surface area contributed by atoms with Gasteiger partial charge in [0.05, 0.1) is 12.0 Å². The number of benzene rings is 3. The Morgan fingerprint density at radius 2 is 1.14 bits per heavy atom. The van der Waals surface area contributed by atoms with Gasteiger partial charge in [-0.1, -0.05) is 85.0 Å². The molecule has 0 saturated heterocycles. The molecular formula is C31H26F4N2O5S2. The highest BCUT2D eigenvalue weighted by molar-refractivity contribution is 7.90. The number of allylic oxidation sites excluding steroid dienone is 4. The fourth-order valence-corrected chi connectivity index (χ4v) is 7.66. The first-order chi connectivity index (χ1) is 20.8. The number of hydrogen-bond acceptors (Lipinski definition) is 5. The molecular weight excluding hydrogens is 620 g/mol. The average Bonchev–Trinajstić information content (AvgIpc) is 3.00. The molecule has 44 heavy (non-hydrogen) atoms. The maximum Gasteiger partial charge on any atom is 0.247 e. The van der Waals surface area contributed by atoms with Crippen LogP contribution >= 0.6 is 0 Å². The molecule has 0 aromatic heterocycles. The largest absolute Gasteiger partial charge is 0.495 e. The number of ether oxygens (including phenoxy) is 1. The van der Waals surface area contributed by atoms with Gasteiger partial charge in [-0.15, -0.1) is 0 Å². The lowest BCUT2D eigenvalue weighted by Gasteiger charge is -2.33. The van der Waals surface area contributed by atoms with Gasteiger partial charge >= 0.3 is 0 Å². The summed E-state index contributed by atoms with van der Waals surface area (Å²) in [4.78, 5) is -1.70. The Morgan fingerprint density at radius 3 is 1.59 bits per heavy atom. The van der Waals surface area contributed by atoms with Crippen molar-refractivity contribution in [1.82, 2.24) is 9.44 Å². The topological polar surface area (TPSA) is 102 Å². The van der Waals surface area contributed by atoms with Gasteiger partial charge in [-0.3, -0.25) is 0 Å². The second-order valence-electron chi connectivity index (χ2n) is 9.91. The maximum atomic E-state index is 16.4. The van der Waals surface area contributed by atoms with Crippen molar-refractivity contribution in [2.75, 3.05) is 7.11 Å². The number of halogens is 4. The molecule has 2 aliphatic carbocycles. The second-order valence-corrected chi connectivity index (χ2v) is 13.2. The highest BCUT2D eigenvalue weighted by Gasteiger charge is 2.49. The zero-order valence-corrected chi connectivity index (χ0v) is 24.6. The lowest BCUT2D eigenvalue weighted by Crippen LogP contribution is -2.53. The molecule has 0 aliphatic heterocycles. The molecule has 3 aromatic carbocycles. The molecule has 0 fully saturated rings. The third kappa shape index (κ3) is 5.75. The van der Waals surface area contributed by atoms with Crippen molar-refractivity contribution in [3.8, 4) is 5.75 Å². The zero-order chi connectivity index (χ0) is 31.8. The molecule has 0 amide bonds. The summed E-state index contributed by atoms with van der Waals surface area (Å²) in [6.07, 6.45) is 1.64. The van der Waals surface area contributed by atoms with E-state index in [9.17, 15) is 16.8 Å². The Kier molecular flexibility index (Phi) is 8.42. The fourth-order valence-electron chi connectivity index (χ4n) is 4.91. The summed E-state index contributed by atoms with van der Waals surface area (Å²) in [7, 11) is -8.99. The lowest BCUT2D eigenvalue weighted by molar-refractivity contribution is 0.123. The molecule has 13 heteroatoms. The van der Waals surface area contributed by atoms with Crippen LogP contribution < -0.4 is 14.2 Å². The van der Waals surface area contributed by atoms with Crippen LogP contribution in [0.1, 0.15) is 11.1 Å². The summed E-state index contributed by atoms with van der Waals surface area (Å²) in [5.74, 6) is -7.00. The van der Waals surface area contributed by atoms with E-state index in [0.717, 1.165) is 31.4 Å². The van der Waals surface area contributed by atoms with E-state index in [0.29, 0.717) is 6.07 Å². The number of sulfonamides is 2. The smallest absolute Gasteiger partial charge is 0.247 e. The first kappa shape index (κ1) is 31.4. The summed E-state index contributed by atoms with van der Waals surface area (Å²) in [5.41, 5.74) is -0.265. The van der Waals surface area contributed by atoms with Crippen LogP contribution in [0.2, 0.25) is 0 Å². The Balaban J connectivity index is 1.53. The number of alkyl halides is 4. The third-order valence-corrected chi connectivity index (χ3v) is 10.0. The van der Waals surface area contributed by atoms with Crippen molar-refractivity contribution < 1.29 is 39.1 Å². The molecule has 2 N–H and O–H groups in total. The van der Waals surface area contributed by atoms with Gasteiger partial charge in [0, 0.05) is 11.1 Å². The number of hydrogen-bond donors (Lipinski definition) is 2. The molecule has 5 rings (SSSR count). The summed E-state index contributed by atoms with van der Waals surface area (Å²) < 4.78 is 126. The van der Waals surface area contributed by atoms with Crippen LogP contribution in [-0.2, 0) is 20.0 Å². The van der Waals surface area contributed by atoms with Crippen LogP contribution in [0.15, 0.2) is 125 Å². The Labute approximate surface area is 252 Å². The van der Waals surface area contributed by atoms with E-state index in [1.165, 1.54) is 48.6 Å². The van der Waals surface area contributed by atoms with Gasteiger partial charge in [0.1, 0.15) is 10.6 Å². The van der Waals surface area contributed by atoms with Crippen LogP contribution in [-0.4, -0.2) is 47.9 Å². The standard InChI is InChI=1S/C31H26F4N2O5S2/c1-42-26-19-18-23(43(38,39)36-30(34)24(14-8-16-28(30)32)21-10-4-2-5-11-21)20-27(26)44(40,41)37-31(35)25(15-9-17-29(31)33)22-12-6-3-7-13-22/h2-20,28-29,36-37H,1H3. The van der Waals surface area contributed by atoms with E-state index in [4.69, 9.17) is 4.74 Å². The first-order valence-electron chi connectivity index (χ1n) is 13.1. The average molecular weight is 647 g/mol. The second kappa shape index (κ2) is 11.8. The van der Waals surface area contributed by atoms with Gasteiger partial charge in [-0.05, 0) is 41.5 Å². The summed E-state index contributed by atoms with van der Waals surface area (Å²) in [5, 5.41) is 0. The molecule has 7 nitrogen and oxygen atoms in total. The first-order valence-corrected chi connectivity index (χ1v) is 16.1. The highest BCUT2D eigenvalue weighted by Crippen LogP contribution is 2.40. The highest BCUT2D eigenvalue weighted by atomic mass is 32.2. The maximum absolute atomic E-state index is 16.4. The quantitative estimate of drug-likeness (QED) is 0.234. The van der Waals surface area contributed by atoms with Crippen molar-refractivity contribution in [3.05, 3.63) is 126 Å². The van der Waals surface area contributed by atoms with Gasteiger partial charge in [0.2, 0.25) is 31.6 Å². The van der Waals surface area contributed by atoms with E-state index in [1.807, 2.05) is 0 Å². The molecule has 230 valence electrons. The van der Waals surface area contributed by atoms with E-state index in [1.54, 1.807) is 45.8 Å².